The van der Waals surface area contributed by atoms with Gasteiger partial charge in [0.2, 0.25) is 11.0 Å². The number of nitrogens with one attached hydrogen (secondary N) is 1. The van der Waals surface area contributed by atoms with Crippen molar-refractivity contribution < 1.29 is 23.7 Å². The van der Waals surface area contributed by atoms with Crippen molar-refractivity contribution in [1.29, 1.82) is 0 Å². The number of aliphatic carboxylic acids is 1. The number of carbonyl (C=O) groups is 3. The summed E-state index contributed by atoms with van der Waals surface area (Å²) >= 11 is 1.15. The number of hydrogen-bond acceptors (Lipinski definition) is 5. The van der Waals surface area contributed by atoms with Crippen LogP contribution in [-0.2, 0) is 25.2 Å². The Kier molecular flexibility index (Phi) is 4.94. The number of carbonyl (C=O) groups excluding carboxylic acids is 2. The molecule has 0 spiro atoms. The Bertz CT molecular complexity index is 343. The highest BCUT2D eigenvalue weighted by Gasteiger charge is 2.27. The number of thioether (sulfide) groups is 1. The zero-order valence-corrected chi connectivity index (χ0v) is 9.94. The molecule has 1 heterocycles. The molecule has 1 fully saturated rings. The molecule has 90 valence electrons. The largest absolute Gasteiger partial charge is 0.481 e. The van der Waals surface area contributed by atoms with Gasteiger partial charge in [-0.15, -0.1) is 0 Å². The van der Waals surface area contributed by atoms with Crippen molar-refractivity contribution in [2.45, 2.75) is 12.5 Å². The second kappa shape index (κ2) is 6.00. The number of amides is 1. The van der Waals surface area contributed by atoms with E-state index in [1.165, 1.54) is 0 Å². The highest BCUT2D eigenvalue weighted by Crippen LogP contribution is 2.19. The molecule has 1 aliphatic heterocycles. The summed E-state index contributed by atoms with van der Waals surface area (Å²) in [6, 6.07) is -0.515. The highest BCUT2D eigenvalue weighted by atomic mass is 32.2. The Morgan fingerprint density at radius 3 is 2.69 bits per heavy atom. The topological polar surface area (TPSA) is 101 Å². The number of hydrogen-bond donors (Lipinski definition) is 2. The molecule has 1 rings (SSSR count). The molecule has 0 aromatic heterocycles. The lowest BCUT2D eigenvalue weighted by Crippen LogP contribution is -2.40. The average molecular weight is 265 g/mol. The Hall–Kier alpha value is -0.890. The molecule has 2 N–H and O–H groups in total. The summed E-state index contributed by atoms with van der Waals surface area (Å²) in [6.45, 7) is 0. The summed E-state index contributed by atoms with van der Waals surface area (Å²) in [5.41, 5.74) is 0. The van der Waals surface area contributed by atoms with E-state index in [9.17, 15) is 18.6 Å². The Labute approximate surface area is 98.6 Å². The first-order chi connectivity index (χ1) is 7.49. The fourth-order valence-corrected chi connectivity index (χ4v) is 2.88. The molecule has 0 aromatic rings. The third-order valence-electron chi connectivity index (χ3n) is 1.85. The molecule has 16 heavy (non-hydrogen) atoms. The van der Waals surface area contributed by atoms with Crippen molar-refractivity contribution in [2.24, 2.45) is 0 Å². The Morgan fingerprint density at radius 1 is 1.50 bits per heavy atom. The lowest BCUT2D eigenvalue weighted by molar-refractivity contribution is -0.134. The molecule has 2 unspecified atom stereocenters. The van der Waals surface area contributed by atoms with E-state index in [0.717, 1.165) is 11.8 Å². The second-order valence-corrected chi connectivity index (χ2v) is 5.75. The predicted molar refractivity (Wildman–Crippen MR) is 59.5 cm³/mol. The molecule has 0 aliphatic carbocycles. The van der Waals surface area contributed by atoms with E-state index in [1.807, 2.05) is 0 Å². The predicted octanol–water partition coefficient (Wildman–Crippen LogP) is -1.03. The average Bonchev–Trinajstić information content (AvgIpc) is 2.49. The van der Waals surface area contributed by atoms with E-state index < -0.39 is 34.5 Å². The first-order valence-electron chi connectivity index (χ1n) is 4.52. The Balaban J connectivity index is 2.33. The lowest BCUT2D eigenvalue weighted by atomic mass is 10.2. The van der Waals surface area contributed by atoms with Gasteiger partial charge in [-0.2, -0.15) is 0 Å². The number of carboxylic acid groups (broad SMARTS) is 1. The molecule has 0 radical (unpaired) electrons. The third kappa shape index (κ3) is 4.31. The quantitative estimate of drug-likeness (QED) is 0.659. The summed E-state index contributed by atoms with van der Waals surface area (Å²) in [5, 5.41) is 10.7. The zero-order chi connectivity index (χ0) is 12.1. The van der Waals surface area contributed by atoms with Crippen molar-refractivity contribution in [3.8, 4) is 0 Å². The maximum absolute atomic E-state index is 11.3. The van der Waals surface area contributed by atoms with Crippen LogP contribution in [0.4, 0.5) is 0 Å². The lowest BCUT2D eigenvalue weighted by Gasteiger charge is -2.09. The summed E-state index contributed by atoms with van der Waals surface area (Å²) < 4.78 is 11.1. The van der Waals surface area contributed by atoms with Crippen LogP contribution in [0.2, 0.25) is 0 Å². The van der Waals surface area contributed by atoms with Crippen molar-refractivity contribution in [2.75, 3.05) is 17.3 Å². The van der Waals surface area contributed by atoms with Gasteiger partial charge < -0.3 is 10.4 Å². The molecule has 0 saturated carbocycles. The van der Waals surface area contributed by atoms with Crippen LogP contribution in [0.15, 0.2) is 0 Å². The van der Waals surface area contributed by atoms with Gasteiger partial charge in [-0.3, -0.25) is 18.6 Å². The van der Waals surface area contributed by atoms with Crippen molar-refractivity contribution in [1.82, 2.24) is 5.32 Å². The smallest absolute Gasteiger partial charge is 0.316 e. The SMILES string of the molecule is O=C(O)CS(=O)CC(=O)NC1CCSC1=O. The fraction of sp³-hybridized carbons (Fsp3) is 0.625. The zero-order valence-electron chi connectivity index (χ0n) is 8.30. The van der Waals surface area contributed by atoms with Gasteiger partial charge in [0.05, 0.1) is 6.04 Å². The third-order valence-corrected chi connectivity index (χ3v) is 4.01. The molecule has 8 heteroatoms. The van der Waals surface area contributed by atoms with E-state index in [0.29, 0.717) is 12.2 Å². The monoisotopic (exact) mass is 265 g/mol. The molecule has 1 amide bonds. The molecule has 0 bridgehead atoms. The molecule has 6 nitrogen and oxygen atoms in total. The van der Waals surface area contributed by atoms with Crippen LogP contribution in [0, 0.1) is 0 Å². The molecule has 1 saturated heterocycles. The van der Waals surface area contributed by atoms with Gasteiger partial charge in [0.25, 0.3) is 0 Å². The van der Waals surface area contributed by atoms with Crippen LogP contribution in [0.1, 0.15) is 6.42 Å². The summed E-state index contributed by atoms with van der Waals surface area (Å²) in [6.07, 6.45) is 0.570. The molecular weight excluding hydrogens is 254 g/mol. The van der Waals surface area contributed by atoms with Crippen LogP contribution in [0.25, 0.3) is 0 Å². The van der Waals surface area contributed by atoms with Gasteiger partial charge in [0.1, 0.15) is 11.5 Å². The minimum Gasteiger partial charge on any atom is -0.481 e. The van der Waals surface area contributed by atoms with Crippen LogP contribution >= 0.6 is 11.8 Å². The highest BCUT2D eigenvalue weighted by molar-refractivity contribution is 8.14. The molecule has 0 aromatic carbocycles. The minimum absolute atomic E-state index is 0.0997. The van der Waals surface area contributed by atoms with Crippen LogP contribution < -0.4 is 5.32 Å². The van der Waals surface area contributed by atoms with E-state index in [4.69, 9.17) is 5.11 Å². The first kappa shape index (κ1) is 13.2. The van der Waals surface area contributed by atoms with E-state index >= 15 is 0 Å². The summed E-state index contributed by atoms with van der Waals surface area (Å²) in [7, 11) is -1.72. The first-order valence-corrected chi connectivity index (χ1v) is 6.99. The molecular formula is C8H11NO5S2. The number of rotatable bonds is 5. The van der Waals surface area contributed by atoms with Gasteiger partial charge >= 0.3 is 5.97 Å². The summed E-state index contributed by atoms with van der Waals surface area (Å²) in [4.78, 5) is 32.6. The maximum atomic E-state index is 11.3. The van der Waals surface area contributed by atoms with Gasteiger partial charge in [0.15, 0.2) is 0 Å². The Morgan fingerprint density at radius 2 is 2.19 bits per heavy atom. The molecule has 1 aliphatic rings. The van der Waals surface area contributed by atoms with Crippen LogP contribution in [-0.4, -0.2) is 49.6 Å². The minimum atomic E-state index is -1.72. The van der Waals surface area contributed by atoms with E-state index in [2.05, 4.69) is 5.32 Å². The summed E-state index contributed by atoms with van der Waals surface area (Å²) in [5.74, 6) is -2.01. The van der Waals surface area contributed by atoms with Gasteiger partial charge in [0, 0.05) is 16.6 Å². The van der Waals surface area contributed by atoms with Gasteiger partial charge in [-0.05, 0) is 6.42 Å². The normalized spacial score (nSPS) is 21.8. The van der Waals surface area contributed by atoms with E-state index in [-0.39, 0.29) is 10.9 Å². The maximum Gasteiger partial charge on any atom is 0.316 e. The standard InChI is InChI=1S/C8H11NO5S2/c10-6(3-16(14)4-7(11)12)9-5-1-2-15-8(5)13/h5H,1-4H2,(H,9,10)(H,11,12). The molecule has 2 atom stereocenters. The van der Waals surface area contributed by atoms with Crippen molar-refractivity contribution >= 4 is 39.6 Å². The van der Waals surface area contributed by atoms with Crippen molar-refractivity contribution in [3.05, 3.63) is 0 Å². The second-order valence-electron chi connectivity index (χ2n) is 3.20. The van der Waals surface area contributed by atoms with Crippen LogP contribution in [0.3, 0.4) is 0 Å². The van der Waals surface area contributed by atoms with Gasteiger partial charge in [-0.25, -0.2) is 0 Å². The van der Waals surface area contributed by atoms with Crippen LogP contribution in [0.5, 0.6) is 0 Å². The van der Waals surface area contributed by atoms with Gasteiger partial charge in [-0.1, -0.05) is 11.8 Å². The fourth-order valence-electron chi connectivity index (χ4n) is 1.20. The van der Waals surface area contributed by atoms with Crippen molar-refractivity contribution in [3.63, 3.8) is 0 Å². The van der Waals surface area contributed by atoms with E-state index in [1.54, 1.807) is 0 Å². The number of carboxylic acids is 1.